The van der Waals surface area contributed by atoms with Gasteiger partial charge in [0.25, 0.3) is 5.91 Å². The van der Waals surface area contributed by atoms with E-state index in [1.807, 2.05) is 0 Å². The van der Waals surface area contributed by atoms with Gasteiger partial charge in [0.2, 0.25) is 10.0 Å². The molecule has 1 N–H and O–H groups in total. The topological polar surface area (TPSA) is 75.7 Å². The van der Waals surface area contributed by atoms with E-state index in [2.05, 4.69) is 4.72 Å². The van der Waals surface area contributed by atoms with Crippen LogP contribution in [0, 0.1) is 0 Å². The highest BCUT2D eigenvalue weighted by Crippen LogP contribution is 2.25. The normalized spacial score (nSPS) is 16.1. The fourth-order valence-corrected chi connectivity index (χ4v) is 4.12. The molecule has 1 fully saturated rings. The maximum Gasteiger partial charge on any atom is 0.257 e. The molecule has 1 aliphatic heterocycles. The molecule has 7 heteroatoms. The molecule has 6 nitrogen and oxygen atoms in total. The summed E-state index contributed by atoms with van der Waals surface area (Å²) < 4.78 is 32.6. The molecule has 24 heavy (non-hydrogen) atoms. The van der Waals surface area contributed by atoms with Crippen LogP contribution in [0.5, 0.6) is 5.75 Å². The van der Waals surface area contributed by atoms with Gasteiger partial charge in [0.05, 0.1) is 17.6 Å². The number of nitrogens with one attached hydrogen (secondary N) is 1. The maximum absolute atomic E-state index is 12.9. The Morgan fingerprint density at radius 2 is 1.79 bits per heavy atom. The Bertz CT molecular complexity index is 678. The molecule has 1 aliphatic rings. The van der Waals surface area contributed by atoms with Crippen molar-refractivity contribution >= 4 is 15.9 Å². The molecular formula is C17H26N2O4S. The molecule has 0 unspecified atom stereocenters. The number of likely N-dealkylation sites (tertiary alicyclic amines) is 1. The second-order valence-electron chi connectivity index (χ2n) is 6.34. The zero-order valence-corrected chi connectivity index (χ0v) is 15.4. The number of rotatable bonds is 5. The molecule has 0 radical (unpaired) electrons. The van der Waals surface area contributed by atoms with Gasteiger partial charge in [-0.1, -0.05) is 12.8 Å². The van der Waals surface area contributed by atoms with E-state index in [0.717, 1.165) is 25.7 Å². The lowest BCUT2D eigenvalue weighted by molar-refractivity contribution is 0.0758. The van der Waals surface area contributed by atoms with Gasteiger partial charge in [-0.2, -0.15) is 0 Å². The quantitative estimate of drug-likeness (QED) is 0.881. The summed E-state index contributed by atoms with van der Waals surface area (Å²) in [5, 5.41) is 0. The molecule has 134 valence electrons. The van der Waals surface area contributed by atoms with Crippen LogP contribution in [-0.2, 0) is 10.0 Å². The molecule has 0 aliphatic carbocycles. The predicted molar refractivity (Wildman–Crippen MR) is 92.8 cm³/mol. The minimum Gasteiger partial charge on any atom is -0.496 e. The summed E-state index contributed by atoms with van der Waals surface area (Å²) in [6.07, 6.45) is 4.18. The second kappa shape index (κ2) is 7.98. The average Bonchev–Trinajstić information content (AvgIpc) is 2.81. The fraction of sp³-hybridized carbons (Fsp3) is 0.588. The van der Waals surface area contributed by atoms with E-state index in [1.54, 1.807) is 24.8 Å². The summed E-state index contributed by atoms with van der Waals surface area (Å²) in [5.41, 5.74) is 0.297. The summed E-state index contributed by atoms with van der Waals surface area (Å²) in [6, 6.07) is 4.20. The van der Waals surface area contributed by atoms with Crippen LogP contribution < -0.4 is 9.46 Å². The molecule has 0 atom stereocenters. The first-order chi connectivity index (χ1) is 11.3. The van der Waals surface area contributed by atoms with Crippen molar-refractivity contribution in [3.05, 3.63) is 23.8 Å². The zero-order chi connectivity index (χ0) is 17.7. The van der Waals surface area contributed by atoms with Gasteiger partial charge in [-0.15, -0.1) is 0 Å². The lowest BCUT2D eigenvalue weighted by Gasteiger charge is -2.22. The lowest BCUT2D eigenvalue weighted by atomic mass is 10.1. The standard InChI is InChI=1S/C17H26N2O4S/c1-13(2)18-24(21,22)14-8-9-16(23-3)15(12-14)17(20)19-10-6-4-5-7-11-19/h8-9,12-13,18H,4-7,10-11H2,1-3H3. The molecule has 1 saturated heterocycles. The highest BCUT2D eigenvalue weighted by atomic mass is 32.2. The Labute approximate surface area is 144 Å². The highest BCUT2D eigenvalue weighted by Gasteiger charge is 2.24. The molecule has 0 saturated carbocycles. The number of carbonyl (C=O) groups excluding carboxylic acids is 1. The number of amides is 1. The monoisotopic (exact) mass is 354 g/mol. The summed E-state index contributed by atoms with van der Waals surface area (Å²) in [6.45, 7) is 4.90. The summed E-state index contributed by atoms with van der Waals surface area (Å²) in [5.74, 6) is 0.225. The second-order valence-corrected chi connectivity index (χ2v) is 8.06. The van der Waals surface area contributed by atoms with Gasteiger partial charge in [0, 0.05) is 19.1 Å². The summed E-state index contributed by atoms with van der Waals surface area (Å²) >= 11 is 0. The third-order valence-electron chi connectivity index (χ3n) is 4.00. The number of sulfonamides is 1. The van der Waals surface area contributed by atoms with Crippen molar-refractivity contribution in [2.45, 2.75) is 50.5 Å². The van der Waals surface area contributed by atoms with E-state index in [-0.39, 0.29) is 16.8 Å². The lowest BCUT2D eigenvalue weighted by Crippen LogP contribution is -2.33. The van der Waals surface area contributed by atoms with E-state index in [0.29, 0.717) is 24.4 Å². The van der Waals surface area contributed by atoms with Gasteiger partial charge in [-0.25, -0.2) is 13.1 Å². The van der Waals surface area contributed by atoms with Crippen LogP contribution in [0.3, 0.4) is 0 Å². The van der Waals surface area contributed by atoms with Gasteiger partial charge >= 0.3 is 0 Å². The highest BCUT2D eigenvalue weighted by molar-refractivity contribution is 7.89. The van der Waals surface area contributed by atoms with Crippen LogP contribution in [-0.4, -0.2) is 45.5 Å². The van der Waals surface area contributed by atoms with Gasteiger partial charge in [-0.05, 0) is 44.9 Å². The molecular weight excluding hydrogens is 328 g/mol. The molecule has 1 heterocycles. The summed E-state index contributed by atoms with van der Waals surface area (Å²) in [4.78, 5) is 14.7. The van der Waals surface area contributed by atoms with Crippen molar-refractivity contribution in [3.63, 3.8) is 0 Å². The first-order valence-corrected chi connectivity index (χ1v) is 9.83. The van der Waals surface area contributed by atoms with Crippen LogP contribution in [0.1, 0.15) is 49.9 Å². The van der Waals surface area contributed by atoms with Crippen molar-refractivity contribution in [2.75, 3.05) is 20.2 Å². The van der Waals surface area contributed by atoms with Crippen molar-refractivity contribution in [1.82, 2.24) is 9.62 Å². The minimum atomic E-state index is -3.65. The van der Waals surface area contributed by atoms with Crippen molar-refractivity contribution in [3.8, 4) is 5.75 Å². The number of hydrogen-bond donors (Lipinski definition) is 1. The van der Waals surface area contributed by atoms with Gasteiger partial charge in [0.15, 0.2) is 0 Å². The Hall–Kier alpha value is -1.60. The molecule has 1 aromatic carbocycles. The number of nitrogens with zero attached hydrogens (tertiary/aromatic N) is 1. The van der Waals surface area contributed by atoms with Crippen LogP contribution >= 0.6 is 0 Å². The van der Waals surface area contributed by atoms with Gasteiger partial charge < -0.3 is 9.64 Å². The smallest absolute Gasteiger partial charge is 0.257 e. The van der Waals surface area contributed by atoms with E-state index >= 15 is 0 Å². The number of methoxy groups -OCH3 is 1. The summed E-state index contributed by atoms with van der Waals surface area (Å²) in [7, 11) is -2.17. The predicted octanol–water partition coefficient (Wildman–Crippen LogP) is 2.40. The zero-order valence-electron chi connectivity index (χ0n) is 14.5. The van der Waals surface area contributed by atoms with Crippen LogP contribution in [0.15, 0.2) is 23.1 Å². The van der Waals surface area contributed by atoms with Crippen LogP contribution in [0.4, 0.5) is 0 Å². The fourth-order valence-electron chi connectivity index (χ4n) is 2.84. The number of benzene rings is 1. The van der Waals surface area contributed by atoms with Crippen molar-refractivity contribution in [1.29, 1.82) is 0 Å². The van der Waals surface area contributed by atoms with Crippen molar-refractivity contribution < 1.29 is 17.9 Å². The van der Waals surface area contributed by atoms with E-state index in [1.165, 1.54) is 19.2 Å². The molecule has 0 aromatic heterocycles. The SMILES string of the molecule is COc1ccc(S(=O)(=O)NC(C)C)cc1C(=O)N1CCCCCC1. The molecule has 2 rings (SSSR count). The number of ether oxygens (including phenoxy) is 1. The van der Waals surface area contributed by atoms with Crippen molar-refractivity contribution in [2.24, 2.45) is 0 Å². The molecule has 0 spiro atoms. The Morgan fingerprint density at radius 3 is 2.33 bits per heavy atom. The maximum atomic E-state index is 12.9. The van der Waals surface area contributed by atoms with Gasteiger partial charge in [-0.3, -0.25) is 4.79 Å². The molecule has 1 amide bonds. The van der Waals surface area contributed by atoms with Gasteiger partial charge in [0.1, 0.15) is 5.75 Å². The minimum absolute atomic E-state index is 0.0789. The third kappa shape index (κ3) is 4.48. The van der Waals surface area contributed by atoms with E-state index in [9.17, 15) is 13.2 Å². The number of hydrogen-bond acceptors (Lipinski definition) is 4. The molecule has 0 bridgehead atoms. The van der Waals surface area contributed by atoms with Crippen LogP contribution in [0.2, 0.25) is 0 Å². The van der Waals surface area contributed by atoms with E-state index in [4.69, 9.17) is 4.74 Å². The first kappa shape index (κ1) is 18.7. The Kier molecular flexibility index (Phi) is 6.23. The molecule has 1 aromatic rings. The Morgan fingerprint density at radius 1 is 1.17 bits per heavy atom. The Balaban J connectivity index is 2.37. The average molecular weight is 354 g/mol. The third-order valence-corrected chi connectivity index (χ3v) is 5.65. The largest absolute Gasteiger partial charge is 0.496 e. The number of carbonyl (C=O) groups is 1. The first-order valence-electron chi connectivity index (χ1n) is 8.35. The van der Waals surface area contributed by atoms with E-state index < -0.39 is 10.0 Å². The van der Waals surface area contributed by atoms with Crippen LogP contribution in [0.25, 0.3) is 0 Å².